The van der Waals surface area contributed by atoms with Crippen molar-refractivity contribution >= 4 is 22.8 Å². The monoisotopic (exact) mass is 723 g/mol. The van der Waals surface area contributed by atoms with Gasteiger partial charge in [-0.25, -0.2) is 9.98 Å². The van der Waals surface area contributed by atoms with Crippen molar-refractivity contribution in [2.75, 3.05) is 0 Å². The second-order valence-electron chi connectivity index (χ2n) is 14.0. The Morgan fingerprint density at radius 1 is 0.480 bits per heavy atom. The van der Waals surface area contributed by atoms with Crippen molar-refractivity contribution < 1.29 is 16.5 Å². The van der Waals surface area contributed by atoms with E-state index in [1.54, 1.807) is 0 Å². The molecule has 0 spiro atoms. The van der Waals surface area contributed by atoms with Crippen molar-refractivity contribution in [1.29, 1.82) is 0 Å². The summed E-state index contributed by atoms with van der Waals surface area (Å²) in [7, 11) is 0. The Kier molecular flexibility index (Phi) is 31.9. The molecule has 0 N–H and O–H groups in total. The average molecular weight is 724 g/mol. The topological polar surface area (TPSA) is 24.7 Å². The van der Waals surface area contributed by atoms with Gasteiger partial charge in [0.15, 0.2) is 0 Å². The first kappa shape index (κ1) is 45.6. The van der Waals surface area contributed by atoms with Gasteiger partial charge in [0.25, 0.3) is 0 Å². The van der Waals surface area contributed by atoms with E-state index in [0.717, 1.165) is 42.1 Å². The predicted molar refractivity (Wildman–Crippen MR) is 220 cm³/mol. The maximum atomic E-state index is 5.04. The Bertz CT molecular complexity index is 1170. The van der Waals surface area contributed by atoms with E-state index in [4.69, 9.17) is 9.98 Å². The van der Waals surface area contributed by atoms with Crippen molar-refractivity contribution in [3.05, 3.63) is 72.8 Å². The zero-order valence-electron chi connectivity index (χ0n) is 32.2. The summed E-state index contributed by atoms with van der Waals surface area (Å²) in [6, 6.07) is 20.4. The Labute approximate surface area is 319 Å². The van der Waals surface area contributed by atoms with Gasteiger partial charge in [-0.05, 0) is 55.5 Å². The Morgan fingerprint density at radius 2 is 0.860 bits per heavy atom. The fourth-order valence-corrected chi connectivity index (χ4v) is 6.27. The fourth-order valence-electron chi connectivity index (χ4n) is 6.27. The van der Waals surface area contributed by atoms with Gasteiger partial charge in [0, 0.05) is 22.9 Å². The van der Waals surface area contributed by atoms with E-state index in [0.29, 0.717) is 0 Å². The van der Waals surface area contributed by atoms with Gasteiger partial charge in [0.2, 0.25) is 0 Å². The van der Waals surface area contributed by atoms with Crippen LogP contribution < -0.4 is 0 Å². The van der Waals surface area contributed by atoms with Crippen molar-refractivity contribution in [3.63, 3.8) is 0 Å². The Morgan fingerprint density at radius 3 is 1.30 bits per heavy atom. The molecule has 0 aliphatic rings. The summed E-state index contributed by atoms with van der Waals surface area (Å²) < 4.78 is 0. The SMILES string of the molecule is CCCCCCCCCCCC/C=C/C(=N\c1ccccc1)C(/C#CCCCCCCCCCCCCCCCCC)=N/c1ccccc1.[Ni]. The van der Waals surface area contributed by atoms with Crippen molar-refractivity contribution in [3.8, 4) is 11.8 Å². The normalized spacial score (nSPS) is 11.8. The van der Waals surface area contributed by atoms with Gasteiger partial charge in [-0.2, -0.15) is 0 Å². The molecule has 0 saturated heterocycles. The standard InChI is InChI=1S/C47H72N2.Ni/c1-3-5-7-9-11-13-15-17-18-19-20-21-23-25-27-29-37-43-47(49-45-40-34-31-35-41-45)46(48-44-38-32-30-33-39-44)42-36-28-26-24-22-16-14-12-10-8-6-4-2;/h30-36,38-42H,3-29H2,1-2H3;/b42-36+,48-46+,49-47+;. The van der Waals surface area contributed by atoms with Crippen LogP contribution in [0.3, 0.4) is 0 Å². The quantitative estimate of drug-likeness (QED) is 0.0332. The minimum atomic E-state index is 0. The van der Waals surface area contributed by atoms with Crippen LogP contribution in [-0.4, -0.2) is 11.4 Å². The molecule has 0 atom stereocenters. The van der Waals surface area contributed by atoms with Gasteiger partial charge in [-0.3, -0.25) is 0 Å². The molecule has 0 fully saturated rings. The molecule has 2 nitrogen and oxygen atoms in total. The molecular weight excluding hydrogens is 651 g/mol. The number of hydrogen-bond donors (Lipinski definition) is 0. The minimum Gasteiger partial charge on any atom is -0.246 e. The number of aliphatic imine (C=N–C) groups is 2. The van der Waals surface area contributed by atoms with Crippen LogP contribution in [-0.2, 0) is 16.5 Å². The van der Waals surface area contributed by atoms with Crippen LogP contribution in [0.2, 0.25) is 0 Å². The fraction of sp³-hybridized carbons (Fsp3) is 0.617. The van der Waals surface area contributed by atoms with Crippen LogP contribution >= 0.6 is 0 Å². The predicted octanol–water partition coefficient (Wildman–Crippen LogP) is 15.7. The van der Waals surface area contributed by atoms with Crippen LogP contribution in [0, 0.1) is 11.8 Å². The molecule has 0 aliphatic heterocycles. The zero-order valence-corrected chi connectivity index (χ0v) is 33.2. The molecule has 2 aromatic carbocycles. The number of allylic oxidation sites excluding steroid dienone is 2. The van der Waals surface area contributed by atoms with Gasteiger partial charge < -0.3 is 0 Å². The van der Waals surface area contributed by atoms with E-state index in [1.807, 2.05) is 48.5 Å². The number of nitrogens with zero attached hydrogens (tertiary/aromatic N) is 2. The molecule has 2 aromatic rings. The second kappa shape index (κ2) is 35.0. The average Bonchev–Trinajstić information content (AvgIpc) is 3.13. The summed E-state index contributed by atoms with van der Waals surface area (Å²) in [5.41, 5.74) is 3.47. The maximum absolute atomic E-state index is 5.04. The van der Waals surface area contributed by atoms with Gasteiger partial charge >= 0.3 is 0 Å². The van der Waals surface area contributed by atoms with Gasteiger partial charge in [0.05, 0.1) is 17.1 Å². The van der Waals surface area contributed by atoms with Crippen molar-refractivity contribution in [1.82, 2.24) is 0 Å². The first-order valence-corrected chi connectivity index (χ1v) is 20.8. The molecule has 280 valence electrons. The molecule has 50 heavy (non-hydrogen) atoms. The van der Waals surface area contributed by atoms with E-state index in [2.05, 4.69) is 50.0 Å². The molecule has 0 bridgehead atoms. The molecular formula is C47H72N2Ni. The third-order valence-electron chi connectivity index (χ3n) is 9.36. The smallest absolute Gasteiger partial charge is 0.139 e. The zero-order chi connectivity index (χ0) is 34.7. The number of benzene rings is 2. The van der Waals surface area contributed by atoms with Gasteiger partial charge in [0.1, 0.15) is 5.71 Å². The van der Waals surface area contributed by atoms with Crippen molar-refractivity contribution in [2.45, 2.75) is 187 Å². The molecule has 0 unspecified atom stereocenters. The summed E-state index contributed by atoms with van der Waals surface area (Å²) in [4.78, 5) is 10.0. The first-order chi connectivity index (χ1) is 24.3. The second-order valence-corrected chi connectivity index (χ2v) is 14.0. The number of unbranched alkanes of at least 4 members (excludes halogenated alkanes) is 25. The minimum absolute atomic E-state index is 0. The summed E-state index contributed by atoms with van der Waals surface area (Å²) in [6.07, 6.45) is 40.7. The molecule has 0 amide bonds. The molecule has 0 aromatic heterocycles. The van der Waals surface area contributed by atoms with E-state index < -0.39 is 0 Å². The number of para-hydroxylation sites is 2. The molecule has 0 aliphatic carbocycles. The molecule has 2 rings (SSSR count). The van der Waals surface area contributed by atoms with Crippen LogP contribution in [0.15, 0.2) is 82.8 Å². The Balaban J connectivity index is 0.0000125. The van der Waals surface area contributed by atoms with E-state index in [9.17, 15) is 0 Å². The van der Waals surface area contributed by atoms with Crippen LogP contribution in [0.25, 0.3) is 0 Å². The summed E-state index contributed by atoms with van der Waals surface area (Å²) in [5, 5.41) is 0. The summed E-state index contributed by atoms with van der Waals surface area (Å²) in [6.45, 7) is 4.59. The van der Waals surface area contributed by atoms with Crippen molar-refractivity contribution in [2.24, 2.45) is 9.98 Å². The molecule has 0 radical (unpaired) electrons. The largest absolute Gasteiger partial charge is 0.246 e. The number of rotatable bonds is 30. The summed E-state index contributed by atoms with van der Waals surface area (Å²) in [5.74, 6) is 6.92. The van der Waals surface area contributed by atoms with E-state index in [1.165, 1.54) is 154 Å². The number of hydrogen-bond acceptors (Lipinski definition) is 2. The third kappa shape index (κ3) is 26.4. The molecule has 3 heteroatoms. The van der Waals surface area contributed by atoms with E-state index >= 15 is 0 Å². The molecule has 0 heterocycles. The van der Waals surface area contributed by atoms with Gasteiger partial charge in [-0.15, -0.1) is 0 Å². The summed E-state index contributed by atoms with van der Waals surface area (Å²) >= 11 is 0. The molecule has 0 saturated carbocycles. The maximum Gasteiger partial charge on any atom is 0.139 e. The van der Waals surface area contributed by atoms with E-state index in [-0.39, 0.29) is 16.5 Å². The first-order valence-electron chi connectivity index (χ1n) is 20.8. The third-order valence-corrected chi connectivity index (χ3v) is 9.36. The van der Waals surface area contributed by atoms with Gasteiger partial charge in [-0.1, -0.05) is 210 Å². The van der Waals surface area contributed by atoms with Crippen LogP contribution in [0.1, 0.15) is 187 Å². The Hall–Kier alpha value is -2.43. The van der Waals surface area contributed by atoms with Crippen LogP contribution in [0.4, 0.5) is 11.4 Å². The van der Waals surface area contributed by atoms with Crippen LogP contribution in [0.5, 0.6) is 0 Å².